The third-order valence-corrected chi connectivity index (χ3v) is 4.74. The van der Waals surface area contributed by atoms with Crippen molar-refractivity contribution in [2.75, 3.05) is 31.6 Å². The van der Waals surface area contributed by atoms with E-state index in [2.05, 4.69) is 5.32 Å². The Morgan fingerprint density at radius 2 is 1.83 bits per heavy atom. The molecule has 1 aliphatic rings. The highest BCUT2D eigenvalue weighted by Gasteiger charge is 2.19. The number of nitrogens with zero attached hydrogens (tertiary/aromatic N) is 1. The van der Waals surface area contributed by atoms with Gasteiger partial charge in [-0.1, -0.05) is 0 Å². The predicted molar refractivity (Wildman–Crippen MR) is 110 cm³/mol. The van der Waals surface area contributed by atoms with Crippen LogP contribution < -0.4 is 20.2 Å². The Kier molecular flexibility index (Phi) is 5.38. The SMILES string of the molecule is CCN(CC(=O)Nc1ccc2c(c1)OCCO2)C(=O)c1ccc2c(=O)ccoc2c1. The number of rotatable bonds is 5. The lowest BCUT2D eigenvalue weighted by Gasteiger charge is -2.21. The third-order valence-electron chi connectivity index (χ3n) is 4.74. The molecule has 0 bridgehead atoms. The van der Waals surface area contributed by atoms with E-state index < -0.39 is 0 Å². The smallest absolute Gasteiger partial charge is 0.254 e. The zero-order chi connectivity index (χ0) is 21.1. The van der Waals surface area contributed by atoms with E-state index in [9.17, 15) is 14.4 Å². The van der Waals surface area contributed by atoms with E-state index in [0.29, 0.717) is 53.5 Å². The normalized spacial score (nSPS) is 12.4. The maximum absolute atomic E-state index is 12.9. The van der Waals surface area contributed by atoms with Gasteiger partial charge >= 0.3 is 0 Å². The van der Waals surface area contributed by atoms with Crippen LogP contribution in [0, 0.1) is 0 Å². The molecule has 1 N–H and O–H groups in total. The van der Waals surface area contributed by atoms with Crippen molar-refractivity contribution in [3.63, 3.8) is 0 Å². The van der Waals surface area contributed by atoms with E-state index in [1.54, 1.807) is 37.3 Å². The second kappa shape index (κ2) is 8.28. The molecule has 1 aromatic heterocycles. The topological polar surface area (TPSA) is 98.1 Å². The monoisotopic (exact) mass is 408 g/mol. The number of benzene rings is 2. The Labute approximate surface area is 172 Å². The maximum atomic E-state index is 12.9. The number of carbonyl (C=O) groups excluding carboxylic acids is 2. The Balaban J connectivity index is 1.46. The molecule has 0 unspecified atom stereocenters. The highest BCUT2D eigenvalue weighted by molar-refractivity contribution is 6.01. The maximum Gasteiger partial charge on any atom is 0.254 e. The highest BCUT2D eigenvalue weighted by Crippen LogP contribution is 2.32. The minimum atomic E-state index is -0.339. The van der Waals surface area contributed by atoms with Crippen molar-refractivity contribution in [2.24, 2.45) is 0 Å². The molecule has 4 rings (SSSR count). The van der Waals surface area contributed by atoms with E-state index in [1.807, 2.05) is 0 Å². The molecule has 0 saturated heterocycles. The van der Waals surface area contributed by atoms with E-state index in [1.165, 1.54) is 23.3 Å². The van der Waals surface area contributed by atoms with Gasteiger partial charge in [0.1, 0.15) is 25.3 Å². The summed E-state index contributed by atoms with van der Waals surface area (Å²) in [5.41, 5.74) is 1.04. The quantitative estimate of drug-likeness (QED) is 0.697. The van der Waals surface area contributed by atoms with Crippen LogP contribution in [0.15, 0.2) is 57.9 Å². The highest BCUT2D eigenvalue weighted by atomic mass is 16.6. The van der Waals surface area contributed by atoms with Crippen molar-refractivity contribution < 1.29 is 23.5 Å². The van der Waals surface area contributed by atoms with Gasteiger partial charge in [0, 0.05) is 29.9 Å². The number of nitrogens with one attached hydrogen (secondary N) is 1. The van der Waals surface area contributed by atoms with E-state index in [4.69, 9.17) is 13.9 Å². The molecule has 2 aromatic carbocycles. The molecular formula is C22H20N2O6. The lowest BCUT2D eigenvalue weighted by molar-refractivity contribution is -0.116. The van der Waals surface area contributed by atoms with Crippen molar-refractivity contribution >= 4 is 28.5 Å². The summed E-state index contributed by atoms with van der Waals surface area (Å²) in [4.78, 5) is 38.6. The van der Waals surface area contributed by atoms with E-state index >= 15 is 0 Å². The average Bonchev–Trinajstić information content (AvgIpc) is 2.77. The van der Waals surface area contributed by atoms with Gasteiger partial charge in [0.15, 0.2) is 16.9 Å². The second-order valence-electron chi connectivity index (χ2n) is 6.72. The zero-order valence-corrected chi connectivity index (χ0v) is 16.3. The molecule has 0 aliphatic carbocycles. The molecule has 30 heavy (non-hydrogen) atoms. The van der Waals surface area contributed by atoms with Gasteiger partial charge in [0.2, 0.25) is 5.91 Å². The molecule has 2 amide bonds. The number of likely N-dealkylation sites (N-methyl/N-ethyl adjacent to an activating group) is 1. The number of amides is 2. The van der Waals surface area contributed by atoms with E-state index in [0.717, 1.165) is 0 Å². The number of anilines is 1. The number of carbonyl (C=O) groups is 2. The fourth-order valence-electron chi connectivity index (χ4n) is 3.22. The second-order valence-corrected chi connectivity index (χ2v) is 6.72. The summed E-state index contributed by atoms with van der Waals surface area (Å²) in [7, 11) is 0. The van der Waals surface area contributed by atoms with Crippen molar-refractivity contribution in [3.8, 4) is 11.5 Å². The van der Waals surface area contributed by atoms with Crippen molar-refractivity contribution in [2.45, 2.75) is 6.92 Å². The van der Waals surface area contributed by atoms with Crippen LogP contribution in [-0.2, 0) is 4.79 Å². The first-order valence-electron chi connectivity index (χ1n) is 9.55. The summed E-state index contributed by atoms with van der Waals surface area (Å²) < 4.78 is 16.3. The lowest BCUT2D eigenvalue weighted by Crippen LogP contribution is -2.37. The molecule has 154 valence electrons. The summed E-state index contributed by atoms with van der Waals surface area (Å²) in [5, 5.41) is 3.17. The first-order chi connectivity index (χ1) is 14.5. The molecule has 1 aliphatic heterocycles. The first kappa shape index (κ1) is 19.5. The molecule has 0 saturated carbocycles. The van der Waals surface area contributed by atoms with Gasteiger partial charge in [-0.25, -0.2) is 0 Å². The molecule has 0 atom stereocenters. The van der Waals surface area contributed by atoms with Crippen LogP contribution in [0.25, 0.3) is 11.0 Å². The minimum Gasteiger partial charge on any atom is -0.486 e. The lowest BCUT2D eigenvalue weighted by atomic mass is 10.1. The van der Waals surface area contributed by atoms with Crippen LogP contribution in [0.3, 0.4) is 0 Å². The summed E-state index contributed by atoms with van der Waals surface area (Å²) in [6.45, 7) is 2.94. The van der Waals surface area contributed by atoms with Crippen molar-refractivity contribution in [3.05, 3.63) is 64.5 Å². The fraction of sp³-hybridized carbons (Fsp3) is 0.227. The Morgan fingerprint density at radius 3 is 2.63 bits per heavy atom. The van der Waals surface area contributed by atoms with Gasteiger partial charge in [-0.2, -0.15) is 0 Å². The van der Waals surface area contributed by atoms with Gasteiger partial charge < -0.3 is 24.1 Å². The van der Waals surface area contributed by atoms with Crippen LogP contribution >= 0.6 is 0 Å². The Morgan fingerprint density at radius 1 is 1.03 bits per heavy atom. The zero-order valence-electron chi connectivity index (χ0n) is 16.3. The predicted octanol–water partition coefficient (Wildman–Crippen LogP) is 2.67. The Hall–Kier alpha value is -3.81. The van der Waals surface area contributed by atoms with Crippen molar-refractivity contribution in [1.29, 1.82) is 0 Å². The number of ether oxygens (including phenoxy) is 2. The molecule has 3 aromatic rings. The molecule has 8 nitrogen and oxygen atoms in total. The van der Waals surface area contributed by atoms with Crippen LogP contribution in [0.4, 0.5) is 5.69 Å². The molecule has 2 heterocycles. The van der Waals surface area contributed by atoms with Gasteiger partial charge in [-0.15, -0.1) is 0 Å². The largest absolute Gasteiger partial charge is 0.486 e. The Bertz CT molecular complexity index is 1170. The summed E-state index contributed by atoms with van der Waals surface area (Å²) in [6.07, 6.45) is 1.29. The van der Waals surface area contributed by atoms with E-state index in [-0.39, 0.29) is 23.8 Å². The number of hydrogen-bond acceptors (Lipinski definition) is 6. The van der Waals surface area contributed by atoms with Crippen LogP contribution in [0.1, 0.15) is 17.3 Å². The summed E-state index contributed by atoms with van der Waals surface area (Å²) >= 11 is 0. The molecular weight excluding hydrogens is 388 g/mol. The van der Waals surface area contributed by atoms with Crippen molar-refractivity contribution in [1.82, 2.24) is 4.90 Å². The fourth-order valence-corrected chi connectivity index (χ4v) is 3.22. The van der Waals surface area contributed by atoms with Crippen LogP contribution in [-0.4, -0.2) is 43.0 Å². The van der Waals surface area contributed by atoms with Gasteiger partial charge in [0.05, 0.1) is 11.6 Å². The van der Waals surface area contributed by atoms with Gasteiger partial charge in [0.25, 0.3) is 5.91 Å². The average molecular weight is 408 g/mol. The first-order valence-corrected chi connectivity index (χ1v) is 9.55. The standard InChI is InChI=1S/C22H20N2O6/c1-2-24(22(27)14-3-5-16-17(25)7-8-28-19(16)11-14)13-21(26)23-15-4-6-18-20(12-15)30-10-9-29-18/h3-8,11-12H,2,9-10,13H2,1H3,(H,23,26). The number of fused-ring (bicyclic) bond motifs is 2. The van der Waals surface area contributed by atoms with Gasteiger partial charge in [-0.3, -0.25) is 14.4 Å². The van der Waals surface area contributed by atoms with Crippen LogP contribution in [0.5, 0.6) is 11.5 Å². The molecule has 0 spiro atoms. The minimum absolute atomic E-state index is 0.124. The summed E-state index contributed by atoms with van der Waals surface area (Å²) in [5.74, 6) is 0.533. The third kappa shape index (κ3) is 3.98. The molecule has 0 fully saturated rings. The molecule has 0 radical (unpaired) electrons. The van der Waals surface area contributed by atoms with Gasteiger partial charge in [-0.05, 0) is 37.3 Å². The van der Waals surface area contributed by atoms with Crippen LogP contribution in [0.2, 0.25) is 0 Å². The summed E-state index contributed by atoms with van der Waals surface area (Å²) in [6, 6.07) is 11.1. The molecule has 8 heteroatoms. The number of hydrogen-bond donors (Lipinski definition) is 1.